The van der Waals surface area contributed by atoms with Crippen molar-refractivity contribution in [1.29, 1.82) is 0 Å². The third-order valence-corrected chi connectivity index (χ3v) is 3.46. The summed E-state index contributed by atoms with van der Waals surface area (Å²) in [6.45, 7) is 2.17. The lowest BCUT2D eigenvalue weighted by atomic mass is 9.99. The van der Waals surface area contributed by atoms with Crippen LogP contribution in [-0.2, 0) is 0 Å². The number of aliphatic hydroxyl groups is 2. The molecule has 2 atom stereocenters. The third kappa shape index (κ3) is 6.69. The van der Waals surface area contributed by atoms with Gasteiger partial charge in [0, 0.05) is 5.56 Å². The standard InChI is InChI=1S/C18H26O3/c1-2-3-4-5-6-7-11-14-16(19)18(21)17(20)15-12-9-8-10-13-15/h6-10,12-13,16,18-19,21H,2-5,11,14H2,1H3/b7-6+/t16-,18+/m0/s1. The molecule has 0 radical (unpaired) electrons. The van der Waals surface area contributed by atoms with Crippen LogP contribution in [0.4, 0.5) is 0 Å². The molecule has 0 aromatic heterocycles. The molecule has 2 N–H and O–H groups in total. The van der Waals surface area contributed by atoms with Gasteiger partial charge in [-0.2, -0.15) is 0 Å². The van der Waals surface area contributed by atoms with E-state index in [1.165, 1.54) is 19.3 Å². The van der Waals surface area contributed by atoms with Gasteiger partial charge < -0.3 is 10.2 Å². The number of ketones is 1. The molecule has 1 aromatic rings. The summed E-state index contributed by atoms with van der Waals surface area (Å²) in [5.41, 5.74) is 0.430. The molecule has 0 spiro atoms. The summed E-state index contributed by atoms with van der Waals surface area (Å²) in [6, 6.07) is 8.58. The van der Waals surface area contributed by atoms with Crippen molar-refractivity contribution < 1.29 is 15.0 Å². The van der Waals surface area contributed by atoms with Gasteiger partial charge in [-0.05, 0) is 25.7 Å². The highest BCUT2D eigenvalue weighted by molar-refractivity contribution is 5.99. The minimum absolute atomic E-state index is 0.393. The van der Waals surface area contributed by atoms with Crippen molar-refractivity contribution in [1.82, 2.24) is 0 Å². The minimum Gasteiger partial charge on any atom is -0.390 e. The van der Waals surface area contributed by atoms with Crippen molar-refractivity contribution >= 4 is 5.78 Å². The van der Waals surface area contributed by atoms with E-state index in [-0.39, 0.29) is 0 Å². The van der Waals surface area contributed by atoms with Crippen LogP contribution in [0.25, 0.3) is 0 Å². The Balaban J connectivity index is 2.31. The zero-order chi connectivity index (χ0) is 15.5. The second kappa shape index (κ2) is 10.3. The smallest absolute Gasteiger partial charge is 0.193 e. The Labute approximate surface area is 127 Å². The van der Waals surface area contributed by atoms with E-state index in [0.29, 0.717) is 18.4 Å². The first kappa shape index (κ1) is 17.6. The van der Waals surface area contributed by atoms with Crippen LogP contribution in [0.3, 0.4) is 0 Å². The molecule has 116 valence electrons. The number of allylic oxidation sites excluding steroid dienone is 2. The predicted octanol–water partition coefficient (Wildman–Crippen LogP) is 3.51. The molecule has 1 aromatic carbocycles. The molecule has 3 nitrogen and oxygen atoms in total. The molecule has 1 rings (SSSR count). The molecule has 0 aliphatic rings. The van der Waals surface area contributed by atoms with E-state index >= 15 is 0 Å². The van der Waals surface area contributed by atoms with Crippen molar-refractivity contribution in [3.05, 3.63) is 48.0 Å². The average molecular weight is 290 g/mol. The van der Waals surface area contributed by atoms with E-state index < -0.39 is 18.0 Å². The molecular formula is C18H26O3. The Kier molecular flexibility index (Phi) is 8.63. The molecular weight excluding hydrogens is 264 g/mol. The van der Waals surface area contributed by atoms with Gasteiger partial charge in [0.15, 0.2) is 5.78 Å². The summed E-state index contributed by atoms with van der Waals surface area (Å²) in [5, 5.41) is 19.8. The number of unbranched alkanes of at least 4 members (excludes halogenated alkanes) is 3. The molecule has 0 saturated carbocycles. The Morgan fingerprint density at radius 3 is 2.43 bits per heavy atom. The zero-order valence-electron chi connectivity index (χ0n) is 12.7. The number of benzene rings is 1. The summed E-state index contributed by atoms with van der Waals surface area (Å²) < 4.78 is 0. The van der Waals surface area contributed by atoms with E-state index in [4.69, 9.17) is 0 Å². The highest BCUT2D eigenvalue weighted by atomic mass is 16.3. The zero-order valence-corrected chi connectivity index (χ0v) is 12.7. The number of rotatable bonds is 10. The van der Waals surface area contributed by atoms with Crippen LogP contribution in [0, 0.1) is 0 Å². The average Bonchev–Trinajstić information content (AvgIpc) is 2.53. The van der Waals surface area contributed by atoms with Crippen LogP contribution in [-0.4, -0.2) is 28.2 Å². The van der Waals surface area contributed by atoms with Crippen LogP contribution in [0.2, 0.25) is 0 Å². The Morgan fingerprint density at radius 1 is 1.10 bits per heavy atom. The van der Waals surface area contributed by atoms with Gasteiger partial charge in [-0.3, -0.25) is 4.79 Å². The van der Waals surface area contributed by atoms with Crippen LogP contribution < -0.4 is 0 Å². The maximum Gasteiger partial charge on any atom is 0.193 e. The minimum atomic E-state index is -1.35. The normalized spacial score (nSPS) is 14.2. The molecule has 3 heteroatoms. The lowest BCUT2D eigenvalue weighted by molar-refractivity contribution is 0.0182. The van der Waals surface area contributed by atoms with Gasteiger partial charge in [-0.1, -0.05) is 62.2 Å². The fourth-order valence-corrected chi connectivity index (χ4v) is 2.12. The number of hydrogen-bond acceptors (Lipinski definition) is 3. The maximum absolute atomic E-state index is 12.0. The second-order valence-corrected chi connectivity index (χ2v) is 5.29. The van der Waals surface area contributed by atoms with Crippen molar-refractivity contribution in [3.8, 4) is 0 Å². The molecule has 0 amide bonds. The van der Waals surface area contributed by atoms with Crippen molar-refractivity contribution in [2.75, 3.05) is 0 Å². The lowest BCUT2D eigenvalue weighted by Gasteiger charge is -2.16. The largest absolute Gasteiger partial charge is 0.390 e. The molecule has 0 aliphatic heterocycles. The van der Waals surface area contributed by atoms with E-state index in [0.717, 1.165) is 6.42 Å². The quantitative estimate of drug-likeness (QED) is 0.394. The summed E-state index contributed by atoms with van der Waals surface area (Å²) in [4.78, 5) is 12.0. The van der Waals surface area contributed by atoms with Gasteiger partial charge >= 0.3 is 0 Å². The topological polar surface area (TPSA) is 57.5 Å². The highest BCUT2D eigenvalue weighted by Gasteiger charge is 2.24. The monoisotopic (exact) mass is 290 g/mol. The van der Waals surface area contributed by atoms with E-state index in [1.54, 1.807) is 24.3 Å². The van der Waals surface area contributed by atoms with Gasteiger partial charge in [0.1, 0.15) is 6.10 Å². The number of Topliss-reactive ketones (excluding diaryl/α,β-unsaturated/α-hetero) is 1. The third-order valence-electron chi connectivity index (χ3n) is 3.46. The van der Waals surface area contributed by atoms with Crippen molar-refractivity contribution in [3.63, 3.8) is 0 Å². The summed E-state index contributed by atoms with van der Waals surface area (Å²) in [5.74, 6) is -0.421. The summed E-state index contributed by atoms with van der Waals surface area (Å²) in [6.07, 6.45) is 7.50. The van der Waals surface area contributed by atoms with Gasteiger partial charge in [0.25, 0.3) is 0 Å². The van der Waals surface area contributed by atoms with E-state index in [9.17, 15) is 15.0 Å². The van der Waals surface area contributed by atoms with Crippen LogP contribution in [0.1, 0.15) is 55.8 Å². The van der Waals surface area contributed by atoms with Gasteiger partial charge in [0.2, 0.25) is 0 Å². The molecule has 0 heterocycles. The number of carbonyl (C=O) groups is 1. The molecule has 21 heavy (non-hydrogen) atoms. The van der Waals surface area contributed by atoms with Crippen molar-refractivity contribution in [2.45, 2.75) is 57.7 Å². The highest BCUT2D eigenvalue weighted by Crippen LogP contribution is 2.11. The Bertz CT molecular complexity index is 425. The first-order valence-corrected chi connectivity index (χ1v) is 7.77. The number of carbonyl (C=O) groups excluding carboxylic acids is 1. The SMILES string of the molecule is CCCCC/C=C/CC[C@H](O)[C@@H](O)C(=O)c1ccccc1. The van der Waals surface area contributed by atoms with E-state index in [2.05, 4.69) is 13.0 Å². The van der Waals surface area contributed by atoms with Gasteiger partial charge in [-0.25, -0.2) is 0 Å². The number of aliphatic hydroxyl groups excluding tert-OH is 2. The molecule has 0 aliphatic carbocycles. The lowest BCUT2D eigenvalue weighted by Crippen LogP contribution is -2.33. The molecule has 0 bridgehead atoms. The summed E-state index contributed by atoms with van der Waals surface area (Å²) in [7, 11) is 0. The maximum atomic E-state index is 12.0. The summed E-state index contributed by atoms with van der Waals surface area (Å²) >= 11 is 0. The molecule has 0 fully saturated rings. The van der Waals surface area contributed by atoms with Gasteiger partial charge in [-0.15, -0.1) is 0 Å². The van der Waals surface area contributed by atoms with Crippen LogP contribution in [0.5, 0.6) is 0 Å². The Hall–Kier alpha value is -1.45. The van der Waals surface area contributed by atoms with E-state index in [1.807, 2.05) is 12.1 Å². The Morgan fingerprint density at radius 2 is 1.76 bits per heavy atom. The first-order valence-electron chi connectivity index (χ1n) is 7.77. The fourth-order valence-electron chi connectivity index (χ4n) is 2.12. The predicted molar refractivity (Wildman–Crippen MR) is 85.3 cm³/mol. The first-order chi connectivity index (χ1) is 10.2. The number of hydrogen-bond donors (Lipinski definition) is 2. The van der Waals surface area contributed by atoms with Crippen LogP contribution >= 0.6 is 0 Å². The van der Waals surface area contributed by atoms with Crippen LogP contribution in [0.15, 0.2) is 42.5 Å². The second-order valence-electron chi connectivity index (χ2n) is 5.29. The van der Waals surface area contributed by atoms with Crippen molar-refractivity contribution in [2.24, 2.45) is 0 Å². The molecule has 0 unspecified atom stereocenters. The molecule has 0 saturated heterocycles. The fraction of sp³-hybridized carbons (Fsp3) is 0.500. The van der Waals surface area contributed by atoms with Gasteiger partial charge in [0.05, 0.1) is 6.10 Å².